The van der Waals surface area contributed by atoms with Crippen LogP contribution in [-0.4, -0.2) is 24.4 Å². The summed E-state index contributed by atoms with van der Waals surface area (Å²) in [4.78, 5) is 23.7. The Labute approximate surface area is 107 Å². The van der Waals surface area contributed by atoms with Gasteiger partial charge in [-0.15, -0.1) is 0 Å². The van der Waals surface area contributed by atoms with Gasteiger partial charge < -0.3 is 10.6 Å². The Morgan fingerprint density at radius 3 is 2.89 bits per heavy atom. The first-order chi connectivity index (χ1) is 8.74. The normalized spacial score (nSPS) is 26.9. The molecule has 18 heavy (non-hydrogen) atoms. The first-order valence-electron chi connectivity index (χ1n) is 7.03. The van der Waals surface area contributed by atoms with Gasteiger partial charge in [0.2, 0.25) is 11.8 Å². The summed E-state index contributed by atoms with van der Waals surface area (Å²) in [7, 11) is 0. The maximum absolute atomic E-state index is 11.9. The van der Waals surface area contributed by atoms with Crippen molar-refractivity contribution in [3.8, 4) is 0 Å². The van der Waals surface area contributed by atoms with Crippen LogP contribution >= 0.6 is 0 Å². The Morgan fingerprint density at radius 1 is 1.28 bits per heavy atom. The summed E-state index contributed by atoms with van der Waals surface area (Å²) in [5.74, 6) is 0.677. The highest BCUT2D eigenvalue weighted by molar-refractivity contribution is 6.02. The van der Waals surface area contributed by atoms with E-state index in [2.05, 4.69) is 10.6 Å². The van der Waals surface area contributed by atoms with Gasteiger partial charge in [0, 0.05) is 12.1 Å². The molecule has 4 heteroatoms. The van der Waals surface area contributed by atoms with Gasteiger partial charge in [-0.1, -0.05) is 6.42 Å². The molecule has 1 heterocycles. The minimum Gasteiger partial charge on any atom is -0.356 e. The lowest BCUT2D eigenvalue weighted by Crippen LogP contribution is -2.31. The number of carbonyl (C=O) groups is 2. The lowest BCUT2D eigenvalue weighted by atomic mass is 9.88. The number of hydrogen-bond donors (Lipinski definition) is 2. The van der Waals surface area contributed by atoms with E-state index in [0.717, 1.165) is 31.4 Å². The van der Waals surface area contributed by atoms with E-state index >= 15 is 0 Å². The molecule has 3 rings (SSSR count). The molecule has 0 spiro atoms. The summed E-state index contributed by atoms with van der Waals surface area (Å²) in [5.41, 5.74) is 1.95. The SMILES string of the molecule is O=C(CC1=C2CCCCC2NC1=O)NCC1CC1. The van der Waals surface area contributed by atoms with Crippen molar-refractivity contribution in [3.63, 3.8) is 0 Å². The van der Waals surface area contributed by atoms with Crippen LogP contribution in [0, 0.1) is 5.92 Å². The minimum absolute atomic E-state index is 0.00535. The highest BCUT2D eigenvalue weighted by Gasteiger charge is 2.33. The summed E-state index contributed by atoms with van der Waals surface area (Å²) in [6.07, 6.45) is 7.07. The summed E-state index contributed by atoms with van der Waals surface area (Å²) in [6.45, 7) is 0.784. The second-order valence-corrected chi connectivity index (χ2v) is 5.70. The van der Waals surface area contributed by atoms with Crippen molar-refractivity contribution < 1.29 is 9.59 Å². The fraction of sp³-hybridized carbons (Fsp3) is 0.714. The van der Waals surface area contributed by atoms with Gasteiger partial charge in [-0.25, -0.2) is 0 Å². The highest BCUT2D eigenvalue weighted by Crippen LogP contribution is 2.32. The van der Waals surface area contributed by atoms with Crippen LogP contribution < -0.4 is 10.6 Å². The van der Waals surface area contributed by atoms with E-state index in [1.54, 1.807) is 0 Å². The molecule has 0 aromatic heterocycles. The van der Waals surface area contributed by atoms with Crippen LogP contribution in [0.25, 0.3) is 0 Å². The number of hydrogen-bond acceptors (Lipinski definition) is 2. The first kappa shape index (κ1) is 11.8. The molecule has 0 saturated heterocycles. The lowest BCUT2D eigenvalue weighted by Gasteiger charge is -2.20. The van der Waals surface area contributed by atoms with E-state index in [-0.39, 0.29) is 24.3 Å². The summed E-state index contributed by atoms with van der Waals surface area (Å²) in [5, 5.41) is 5.93. The maximum Gasteiger partial charge on any atom is 0.248 e. The topological polar surface area (TPSA) is 58.2 Å². The summed E-state index contributed by atoms with van der Waals surface area (Å²) >= 11 is 0. The number of carbonyl (C=O) groups excluding carboxylic acids is 2. The molecule has 0 aromatic rings. The molecule has 3 aliphatic rings. The van der Waals surface area contributed by atoms with E-state index in [0.29, 0.717) is 5.92 Å². The van der Waals surface area contributed by atoms with Crippen molar-refractivity contribution >= 4 is 11.8 Å². The third kappa shape index (κ3) is 2.42. The van der Waals surface area contributed by atoms with E-state index < -0.39 is 0 Å². The zero-order valence-electron chi connectivity index (χ0n) is 10.6. The summed E-state index contributed by atoms with van der Waals surface area (Å²) < 4.78 is 0. The molecule has 2 fully saturated rings. The van der Waals surface area contributed by atoms with E-state index in [1.807, 2.05) is 0 Å². The number of amides is 2. The Bertz CT molecular complexity index is 410. The molecular formula is C14H20N2O2. The van der Waals surface area contributed by atoms with E-state index in [9.17, 15) is 9.59 Å². The fourth-order valence-electron chi connectivity index (χ4n) is 2.92. The van der Waals surface area contributed by atoms with Crippen LogP contribution in [-0.2, 0) is 9.59 Å². The molecule has 1 atom stereocenters. The van der Waals surface area contributed by atoms with Crippen LogP contribution in [0.4, 0.5) is 0 Å². The van der Waals surface area contributed by atoms with Gasteiger partial charge in [0.05, 0.1) is 12.5 Å². The molecule has 1 aliphatic heterocycles. The van der Waals surface area contributed by atoms with Crippen molar-refractivity contribution in [1.29, 1.82) is 0 Å². The molecule has 4 nitrogen and oxygen atoms in total. The largest absolute Gasteiger partial charge is 0.356 e. The predicted molar refractivity (Wildman–Crippen MR) is 67.8 cm³/mol. The Kier molecular flexibility index (Phi) is 3.10. The van der Waals surface area contributed by atoms with Crippen LogP contribution in [0.2, 0.25) is 0 Å². The molecule has 2 amide bonds. The average Bonchev–Trinajstić information content (AvgIpc) is 3.14. The van der Waals surface area contributed by atoms with Crippen molar-refractivity contribution in [2.45, 2.75) is 51.0 Å². The molecule has 0 radical (unpaired) electrons. The Balaban J connectivity index is 1.62. The van der Waals surface area contributed by atoms with Gasteiger partial charge in [-0.2, -0.15) is 0 Å². The molecular weight excluding hydrogens is 228 g/mol. The number of fused-ring (bicyclic) bond motifs is 1. The number of rotatable bonds is 4. The van der Waals surface area contributed by atoms with Crippen LogP contribution in [0.5, 0.6) is 0 Å². The van der Waals surface area contributed by atoms with Gasteiger partial charge >= 0.3 is 0 Å². The highest BCUT2D eigenvalue weighted by atomic mass is 16.2. The van der Waals surface area contributed by atoms with Crippen molar-refractivity contribution in [2.24, 2.45) is 5.92 Å². The molecule has 2 N–H and O–H groups in total. The van der Waals surface area contributed by atoms with E-state index in [4.69, 9.17) is 0 Å². The zero-order valence-corrected chi connectivity index (χ0v) is 10.6. The molecule has 98 valence electrons. The molecule has 0 aromatic carbocycles. The van der Waals surface area contributed by atoms with Gasteiger partial charge in [-0.05, 0) is 43.6 Å². The fourth-order valence-corrected chi connectivity index (χ4v) is 2.92. The monoisotopic (exact) mass is 248 g/mol. The lowest BCUT2D eigenvalue weighted by molar-refractivity contribution is -0.123. The standard InChI is InChI=1S/C14H20N2O2/c17-13(15-8-9-5-6-9)7-11-10-3-1-2-4-12(10)16-14(11)18/h9,12H,1-8H2,(H,15,17)(H,16,18). The third-order valence-corrected chi connectivity index (χ3v) is 4.20. The van der Waals surface area contributed by atoms with Crippen LogP contribution in [0.15, 0.2) is 11.1 Å². The van der Waals surface area contributed by atoms with Crippen molar-refractivity contribution in [1.82, 2.24) is 10.6 Å². The first-order valence-corrected chi connectivity index (χ1v) is 7.03. The van der Waals surface area contributed by atoms with Gasteiger partial charge in [0.25, 0.3) is 0 Å². The van der Waals surface area contributed by atoms with Crippen LogP contribution in [0.3, 0.4) is 0 Å². The Hall–Kier alpha value is -1.32. The predicted octanol–water partition coefficient (Wildman–Crippen LogP) is 1.27. The Morgan fingerprint density at radius 2 is 2.11 bits per heavy atom. The second kappa shape index (κ2) is 4.75. The minimum atomic E-state index is -0.0153. The zero-order chi connectivity index (χ0) is 12.5. The number of nitrogens with one attached hydrogen (secondary N) is 2. The third-order valence-electron chi connectivity index (χ3n) is 4.20. The molecule has 0 bridgehead atoms. The van der Waals surface area contributed by atoms with Gasteiger partial charge in [0.1, 0.15) is 0 Å². The molecule has 2 saturated carbocycles. The smallest absolute Gasteiger partial charge is 0.248 e. The average molecular weight is 248 g/mol. The summed E-state index contributed by atoms with van der Waals surface area (Å²) in [6, 6.07) is 0.220. The van der Waals surface area contributed by atoms with E-state index in [1.165, 1.54) is 24.8 Å². The second-order valence-electron chi connectivity index (χ2n) is 5.70. The van der Waals surface area contributed by atoms with Crippen molar-refractivity contribution in [3.05, 3.63) is 11.1 Å². The van der Waals surface area contributed by atoms with Crippen LogP contribution in [0.1, 0.15) is 44.9 Å². The molecule has 1 unspecified atom stereocenters. The van der Waals surface area contributed by atoms with Gasteiger partial charge in [-0.3, -0.25) is 9.59 Å². The molecule has 2 aliphatic carbocycles. The van der Waals surface area contributed by atoms with Crippen molar-refractivity contribution in [2.75, 3.05) is 6.54 Å². The van der Waals surface area contributed by atoms with Gasteiger partial charge in [0.15, 0.2) is 0 Å². The quantitative estimate of drug-likeness (QED) is 0.787. The maximum atomic E-state index is 11.9.